The first-order valence-electron chi connectivity index (χ1n) is 4.46. The van der Waals surface area contributed by atoms with Gasteiger partial charge in [0.25, 0.3) is 0 Å². The second-order valence-electron chi connectivity index (χ2n) is 4.42. The Morgan fingerprint density at radius 2 is 1.80 bits per heavy atom. The summed E-state index contributed by atoms with van der Waals surface area (Å²) in [6.07, 6.45) is -0.763. The van der Waals surface area contributed by atoms with Crippen molar-refractivity contribution >= 4 is 24.7 Å². The summed E-state index contributed by atoms with van der Waals surface area (Å²) in [4.78, 5) is 22.1. The minimum Gasteiger partial charge on any atom is -0.479 e. The number of hydrogen-bond acceptors (Lipinski definition) is 4. The molecule has 0 spiro atoms. The van der Waals surface area contributed by atoms with Gasteiger partial charge in [-0.1, -0.05) is 0 Å². The zero-order valence-electron chi connectivity index (χ0n) is 9.33. The maximum Gasteiger partial charge on any atom is 0.408 e. The molecule has 6 heteroatoms. The number of thiol groups is 1. The number of carbonyl (C=O) groups excluding carboxylic acids is 1. The zero-order valence-corrected chi connectivity index (χ0v) is 10.2. The molecule has 0 aromatic rings. The summed E-state index contributed by atoms with van der Waals surface area (Å²) in [5.74, 6) is -1.16. The van der Waals surface area contributed by atoms with Gasteiger partial charge in [0, 0.05) is 5.75 Å². The summed E-state index contributed by atoms with van der Waals surface area (Å²) in [6, 6.07) is 0. The number of alkyl carbamates (subject to hydrolysis) is 1. The number of carboxylic acids is 1. The fourth-order valence-corrected chi connectivity index (χ4v) is 0.904. The third-order valence-electron chi connectivity index (χ3n) is 1.57. The first-order valence-corrected chi connectivity index (χ1v) is 5.09. The van der Waals surface area contributed by atoms with Crippen LogP contribution in [0.4, 0.5) is 4.79 Å². The van der Waals surface area contributed by atoms with Crippen molar-refractivity contribution in [2.75, 3.05) is 5.75 Å². The number of hydrogen-bond donors (Lipinski definition) is 3. The lowest BCUT2D eigenvalue weighted by atomic mass is 10.1. The van der Waals surface area contributed by atoms with Crippen molar-refractivity contribution < 1.29 is 19.4 Å². The number of aliphatic carboxylic acids is 1. The normalized spacial score (nSPS) is 15.3. The fourth-order valence-electron chi connectivity index (χ4n) is 0.689. The standard InChI is InChI=1S/C9H17NO4S/c1-8(2,3)14-7(13)10-9(4,5-15)6(11)12/h15H,5H2,1-4H3,(H,10,13)(H,11,12). The van der Waals surface area contributed by atoms with Crippen LogP contribution in [-0.2, 0) is 9.53 Å². The second kappa shape index (κ2) is 4.74. The topological polar surface area (TPSA) is 75.6 Å². The number of ether oxygens (including phenoxy) is 1. The first-order chi connectivity index (χ1) is 6.60. The van der Waals surface area contributed by atoms with Gasteiger partial charge in [0.1, 0.15) is 11.1 Å². The molecule has 2 N–H and O–H groups in total. The number of amides is 1. The predicted molar refractivity (Wildman–Crippen MR) is 59.3 cm³/mol. The summed E-state index contributed by atoms with van der Waals surface area (Å²) in [6.45, 7) is 6.47. The molecule has 15 heavy (non-hydrogen) atoms. The Labute approximate surface area is 94.6 Å². The highest BCUT2D eigenvalue weighted by Crippen LogP contribution is 2.11. The van der Waals surface area contributed by atoms with Crippen LogP contribution in [-0.4, -0.2) is 34.1 Å². The van der Waals surface area contributed by atoms with Crippen LogP contribution in [0.25, 0.3) is 0 Å². The quantitative estimate of drug-likeness (QED) is 0.644. The molecular formula is C9H17NO4S. The van der Waals surface area contributed by atoms with Crippen molar-refractivity contribution in [1.82, 2.24) is 5.32 Å². The Morgan fingerprint density at radius 1 is 1.33 bits per heavy atom. The van der Waals surface area contributed by atoms with Gasteiger partial charge in [0.2, 0.25) is 0 Å². The Hall–Kier alpha value is -0.910. The lowest BCUT2D eigenvalue weighted by Gasteiger charge is -2.27. The van der Waals surface area contributed by atoms with Crippen LogP contribution in [0.2, 0.25) is 0 Å². The highest BCUT2D eigenvalue weighted by molar-refractivity contribution is 7.80. The zero-order chi connectivity index (χ0) is 12.3. The molecule has 0 bridgehead atoms. The SMILES string of the molecule is CC(C)(C)OC(=O)NC(C)(CS)C(=O)O. The molecule has 0 saturated carbocycles. The van der Waals surface area contributed by atoms with E-state index < -0.39 is 23.2 Å². The van der Waals surface area contributed by atoms with Gasteiger partial charge in [-0.3, -0.25) is 0 Å². The van der Waals surface area contributed by atoms with Crippen LogP contribution in [0, 0.1) is 0 Å². The van der Waals surface area contributed by atoms with Crippen LogP contribution in [0.5, 0.6) is 0 Å². The third-order valence-corrected chi connectivity index (χ3v) is 2.20. The smallest absolute Gasteiger partial charge is 0.408 e. The van der Waals surface area contributed by atoms with E-state index in [0.29, 0.717) is 0 Å². The molecule has 1 amide bonds. The van der Waals surface area contributed by atoms with Crippen LogP contribution in [0.3, 0.4) is 0 Å². The fraction of sp³-hybridized carbons (Fsp3) is 0.778. The number of nitrogens with one attached hydrogen (secondary N) is 1. The average Bonchev–Trinajstić information content (AvgIpc) is 1.99. The van der Waals surface area contributed by atoms with E-state index >= 15 is 0 Å². The molecule has 88 valence electrons. The van der Waals surface area contributed by atoms with Crippen molar-refractivity contribution in [3.8, 4) is 0 Å². The molecule has 0 aliphatic heterocycles. The number of rotatable bonds is 3. The molecule has 0 fully saturated rings. The van der Waals surface area contributed by atoms with Gasteiger partial charge >= 0.3 is 12.1 Å². The summed E-state index contributed by atoms with van der Waals surface area (Å²) in [5, 5.41) is 11.1. The third kappa shape index (κ3) is 4.92. The summed E-state index contributed by atoms with van der Waals surface area (Å²) < 4.78 is 4.94. The Kier molecular flexibility index (Phi) is 4.45. The largest absolute Gasteiger partial charge is 0.479 e. The molecule has 0 aliphatic carbocycles. The van der Waals surface area contributed by atoms with Crippen molar-refractivity contribution in [2.45, 2.75) is 38.8 Å². The van der Waals surface area contributed by atoms with Gasteiger partial charge in [-0.2, -0.15) is 12.6 Å². The number of carboxylic acid groups (broad SMARTS) is 1. The molecule has 0 rings (SSSR count). The van der Waals surface area contributed by atoms with E-state index in [1.54, 1.807) is 20.8 Å². The van der Waals surface area contributed by atoms with E-state index in [1.807, 2.05) is 0 Å². The molecule has 1 unspecified atom stereocenters. The van der Waals surface area contributed by atoms with Gasteiger partial charge in [0.15, 0.2) is 0 Å². The summed E-state index contributed by atoms with van der Waals surface area (Å²) in [7, 11) is 0. The van der Waals surface area contributed by atoms with E-state index in [1.165, 1.54) is 6.92 Å². The first kappa shape index (κ1) is 14.1. The lowest BCUT2D eigenvalue weighted by Crippen LogP contribution is -2.54. The summed E-state index contributed by atoms with van der Waals surface area (Å²) in [5.41, 5.74) is -2.06. The van der Waals surface area contributed by atoms with E-state index in [2.05, 4.69) is 17.9 Å². The van der Waals surface area contributed by atoms with Crippen LogP contribution in [0.15, 0.2) is 0 Å². The van der Waals surface area contributed by atoms with Crippen LogP contribution in [0.1, 0.15) is 27.7 Å². The molecule has 1 atom stereocenters. The molecule has 0 aromatic heterocycles. The maximum atomic E-state index is 11.3. The Morgan fingerprint density at radius 3 is 2.07 bits per heavy atom. The molecule has 0 aromatic carbocycles. The second-order valence-corrected chi connectivity index (χ2v) is 4.74. The highest BCUT2D eigenvalue weighted by atomic mass is 32.1. The molecule has 0 radical (unpaired) electrons. The minimum absolute atomic E-state index is 0.0123. The number of carbonyl (C=O) groups is 2. The monoisotopic (exact) mass is 235 g/mol. The highest BCUT2D eigenvalue weighted by Gasteiger charge is 2.34. The van der Waals surface area contributed by atoms with Gasteiger partial charge in [-0.25, -0.2) is 9.59 Å². The van der Waals surface area contributed by atoms with Crippen LogP contribution < -0.4 is 5.32 Å². The molecular weight excluding hydrogens is 218 g/mol. The molecule has 5 nitrogen and oxygen atoms in total. The Balaban J connectivity index is 4.45. The van der Waals surface area contributed by atoms with Crippen LogP contribution >= 0.6 is 12.6 Å². The van der Waals surface area contributed by atoms with Crippen molar-refractivity contribution in [3.05, 3.63) is 0 Å². The van der Waals surface area contributed by atoms with Gasteiger partial charge in [0.05, 0.1) is 0 Å². The van der Waals surface area contributed by atoms with Gasteiger partial charge < -0.3 is 15.2 Å². The van der Waals surface area contributed by atoms with Crippen molar-refractivity contribution in [2.24, 2.45) is 0 Å². The molecule has 0 aliphatic rings. The predicted octanol–water partition coefficient (Wildman–Crippen LogP) is 1.28. The lowest BCUT2D eigenvalue weighted by molar-refractivity contribution is -0.143. The minimum atomic E-state index is -1.41. The molecule has 0 heterocycles. The van der Waals surface area contributed by atoms with E-state index in [4.69, 9.17) is 9.84 Å². The van der Waals surface area contributed by atoms with Gasteiger partial charge in [-0.05, 0) is 27.7 Å². The average molecular weight is 235 g/mol. The van der Waals surface area contributed by atoms with E-state index in [-0.39, 0.29) is 5.75 Å². The maximum absolute atomic E-state index is 11.3. The van der Waals surface area contributed by atoms with E-state index in [9.17, 15) is 9.59 Å². The van der Waals surface area contributed by atoms with Crippen molar-refractivity contribution in [1.29, 1.82) is 0 Å². The molecule has 0 saturated heterocycles. The Bertz CT molecular complexity index is 261. The van der Waals surface area contributed by atoms with E-state index in [0.717, 1.165) is 0 Å². The van der Waals surface area contributed by atoms with Crippen molar-refractivity contribution in [3.63, 3.8) is 0 Å². The summed E-state index contributed by atoms with van der Waals surface area (Å²) >= 11 is 3.88. The van der Waals surface area contributed by atoms with Gasteiger partial charge in [-0.15, -0.1) is 0 Å².